The number of fused-ring (bicyclic) bond motifs is 6. The van der Waals surface area contributed by atoms with Gasteiger partial charge in [0.05, 0.1) is 27.8 Å². The minimum absolute atomic E-state index is 0.0552. The van der Waals surface area contributed by atoms with Gasteiger partial charge in [-0.2, -0.15) is 0 Å². The SMILES string of the molecule is CCCCc1ccc(NC(=O)C23CCC(c4nc5ccccc5nc42)C3(C)C)cc1. The number of carbonyl (C=O) groups excluding carboxylic acids is 1. The normalized spacial score (nSPS) is 23.5. The van der Waals surface area contributed by atoms with Gasteiger partial charge in [-0.05, 0) is 60.9 Å². The highest BCUT2D eigenvalue weighted by Crippen LogP contribution is 2.67. The van der Waals surface area contributed by atoms with E-state index in [1.807, 2.05) is 36.4 Å². The molecule has 0 saturated heterocycles. The summed E-state index contributed by atoms with van der Waals surface area (Å²) in [5, 5.41) is 3.22. The van der Waals surface area contributed by atoms with Gasteiger partial charge in [0.1, 0.15) is 0 Å². The van der Waals surface area contributed by atoms with Gasteiger partial charge in [0.25, 0.3) is 0 Å². The van der Waals surface area contributed by atoms with Crippen LogP contribution in [-0.2, 0) is 16.6 Å². The number of anilines is 1. The Kier molecular flexibility index (Phi) is 4.42. The van der Waals surface area contributed by atoms with E-state index < -0.39 is 5.41 Å². The van der Waals surface area contributed by atoms with E-state index in [1.165, 1.54) is 18.4 Å². The molecule has 1 N–H and O–H groups in total. The fourth-order valence-corrected chi connectivity index (χ4v) is 5.70. The number of nitrogens with one attached hydrogen (secondary N) is 1. The summed E-state index contributed by atoms with van der Waals surface area (Å²) in [6.45, 7) is 6.63. The number of hydrogen-bond acceptors (Lipinski definition) is 3. The predicted molar refractivity (Wildman–Crippen MR) is 121 cm³/mol. The maximum Gasteiger partial charge on any atom is 0.237 e. The Balaban J connectivity index is 1.51. The third-order valence-electron chi connectivity index (χ3n) is 7.53. The number of nitrogens with zero attached hydrogens (tertiary/aromatic N) is 2. The first kappa shape index (κ1) is 19.2. The largest absolute Gasteiger partial charge is 0.325 e. The van der Waals surface area contributed by atoms with Crippen molar-refractivity contribution in [2.45, 2.75) is 64.2 Å². The van der Waals surface area contributed by atoms with Gasteiger partial charge in [0, 0.05) is 11.6 Å². The first-order valence-corrected chi connectivity index (χ1v) is 11.1. The molecule has 1 saturated carbocycles. The maximum absolute atomic E-state index is 13.8. The summed E-state index contributed by atoms with van der Waals surface area (Å²) in [6.07, 6.45) is 5.26. The average Bonchev–Trinajstić information content (AvgIpc) is 3.13. The van der Waals surface area contributed by atoms with Gasteiger partial charge in [-0.1, -0.05) is 51.5 Å². The molecule has 0 aliphatic heterocycles. The van der Waals surface area contributed by atoms with E-state index in [2.05, 4.69) is 38.2 Å². The third-order valence-corrected chi connectivity index (χ3v) is 7.53. The lowest BCUT2D eigenvalue weighted by Gasteiger charge is -2.36. The van der Waals surface area contributed by atoms with Crippen molar-refractivity contribution < 1.29 is 4.79 Å². The molecule has 1 fully saturated rings. The molecule has 4 nitrogen and oxygen atoms in total. The molecular formula is C26H29N3O. The molecule has 1 heterocycles. The molecule has 1 aromatic heterocycles. The van der Waals surface area contributed by atoms with Crippen molar-refractivity contribution in [3.05, 3.63) is 65.5 Å². The Morgan fingerprint density at radius 1 is 1.07 bits per heavy atom. The number of rotatable bonds is 5. The summed E-state index contributed by atoms with van der Waals surface area (Å²) in [6, 6.07) is 16.3. The summed E-state index contributed by atoms with van der Waals surface area (Å²) in [5.41, 5.74) is 5.02. The Bertz CT molecular complexity index is 1120. The molecule has 2 atom stereocenters. The van der Waals surface area contributed by atoms with Crippen LogP contribution in [0.25, 0.3) is 11.0 Å². The van der Waals surface area contributed by atoms with E-state index in [9.17, 15) is 4.79 Å². The smallest absolute Gasteiger partial charge is 0.237 e. The second-order valence-corrected chi connectivity index (χ2v) is 9.42. The highest BCUT2D eigenvalue weighted by Gasteiger charge is 2.67. The van der Waals surface area contributed by atoms with Gasteiger partial charge in [0.2, 0.25) is 5.91 Å². The summed E-state index contributed by atoms with van der Waals surface area (Å²) in [7, 11) is 0. The topological polar surface area (TPSA) is 54.9 Å². The molecule has 154 valence electrons. The van der Waals surface area contributed by atoms with Crippen molar-refractivity contribution in [1.29, 1.82) is 0 Å². The zero-order valence-electron chi connectivity index (χ0n) is 18.0. The van der Waals surface area contributed by atoms with Crippen molar-refractivity contribution in [3.8, 4) is 0 Å². The van der Waals surface area contributed by atoms with E-state index in [0.717, 1.165) is 47.4 Å². The van der Waals surface area contributed by atoms with Gasteiger partial charge < -0.3 is 5.32 Å². The highest BCUT2D eigenvalue weighted by atomic mass is 16.2. The number of unbranched alkanes of at least 4 members (excludes halogenated alkanes) is 1. The van der Waals surface area contributed by atoms with Crippen molar-refractivity contribution in [1.82, 2.24) is 9.97 Å². The van der Waals surface area contributed by atoms with Crippen LogP contribution in [0.2, 0.25) is 0 Å². The van der Waals surface area contributed by atoms with Gasteiger partial charge in [-0.15, -0.1) is 0 Å². The van der Waals surface area contributed by atoms with Crippen LogP contribution in [0.5, 0.6) is 0 Å². The second kappa shape index (κ2) is 6.90. The Morgan fingerprint density at radius 2 is 1.77 bits per heavy atom. The quantitative estimate of drug-likeness (QED) is 0.593. The number of aryl methyl sites for hydroxylation is 1. The number of amides is 1. The zero-order chi connectivity index (χ0) is 20.9. The van der Waals surface area contributed by atoms with Crippen LogP contribution in [0.15, 0.2) is 48.5 Å². The molecule has 30 heavy (non-hydrogen) atoms. The zero-order valence-corrected chi connectivity index (χ0v) is 18.0. The molecule has 0 spiro atoms. The van der Waals surface area contributed by atoms with Crippen LogP contribution >= 0.6 is 0 Å². The fraction of sp³-hybridized carbons (Fsp3) is 0.423. The van der Waals surface area contributed by atoms with Gasteiger partial charge in [0.15, 0.2) is 0 Å². The lowest BCUT2D eigenvalue weighted by Crippen LogP contribution is -2.46. The minimum atomic E-state index is -0.634. The molecule has 4 heteroatoms. The van der Waals surface area contributed by atoms with Gasteiger partial charge in [-0.3, -0.25) is 4.79 Å². The van der Waals surface area contributed by atoms with E-state index in [-0.39, 0.29) is 17.2 Å². The molecule has 3 aromatic rings. The van der Waals surface area contributed by atoms with E-state index >= 15 is 0 Å². The highest BCUT2D eigenvalue weighted by molar-refractivity contribution is 6.01. The third kappa shape index (κ3) is 2.62. The van der Waals surface area contributed by atoms with Crippen LogP contribution in [0.4, 0.5) is 5.69 Å². The van der Waals surface area contributed by atoms with Crippen molar-refractivity contribution in [2.24, 2.45) is 5.41 Å². The molecule has 5 rings (SSSR count). The number of benzene rings is 2. The fourth-order valence-electron chi connectivity index (χ4n) is 5.70. The second-order valence-electron chi connectivity index (χ2n) is 9.42. The van der Waals surface area contributed by atoms with Crippen LogP contribution in [0.1, 0.15) is 69.3 Å². The first-order valence-electron chi connectivity index (χ1n) is 11.1. The van der Waals surface area contributed by atoms with Gasteiger partial charge >= 0.3 is 0 Å². The molecule has 2 unspecified atom stereocenters. The summed E-state index contributed by atoms with van der Waals surface area (Å²) in [4.78, 5) is 23.7. The predicted octanol–water partition coefficient (Wildman–Crippen LogP) is 5.77. The average molecular weight is 400 g/mol. The number of hydrogen-bond donors (Lipinski definition) is 1. The number of carbonyl (C=O) groups is 1. The molecular weight excluding hydrogens is 370 g/mol. The number of aromatic nitrogens is 2. The Morgan fingerprint density at radius 3 is 2.47 bits per heavy atom. The Labute approximate surface area is 178 Å². The first-order chi connectivity index (χ1) is 14.5. The standard InChI is InChI=1S/C26H29N3O/c1-4-5-8-17-11-13-18(14-12-17)27-24(30)26-16-15-19(25(26,2)3)22-23(26)29-21-10-7-6-9-20(21)28-22/h6-7,9-14,19H,4-5,8,15-16H2,1-3H3,(H,27,30). The minimum Gasteiger partial charge on any atom is -0.325 e. The van der Waals surface area contributed by atoms with Gasteiger partial charge in [-0.25, -0.2) is 9.97 Å². The van der Waals surface area contributed by atoms with Crippen LogP contribution in [0, 0.1) is 5.41 Å². The summed E-state index contributed by atoms with van der Waals surface area (Å²) < 4.78 is 0. The lowest BCUT2D eigenvalue weighted by molar-refractivity contribution is -0.124. The molecule has 2 aliphatic carbocycles. The van der Waals surface area contributed by atoms with E-state index in [1.54, 1.807) is 0 Å². The summed E-state index contributed by atoms with van der Waals surface area (Å²) >= 11 is 0. The molecule has 2 aromatic carbocycles. The number of para-hydroxylation sites is 2. The summed E-state index contributed by atoms with van der Waals surface area (Å²) in [5.74, 6) is 0.325. The van der Waals surface area contributed by atoms with E-state index in [4.69, 9.17) is 9.97 Å². The van der Waals surface area contributed by atoms with Crippen LogP contribution in [-0.4, -0.2) is 15.9 Å². The molecule has 1 amide bonds. The monoisotopic (exact) mass is 399 g/mol. The maximum atomic E-state index is 13.8. The lowest BCUT2D eigenvalue weighted by atomic mass is 9.67. The molecule has 0 radical (unpaired) electrons. The van der Waals surface area contributed by atoms with Crippen LogP contribution in [0.3, 0.4) is 0 Å². The van der Waals surface area contributed by atoms with Crippen molar-refractivity contribution in [2.75, 3.05) is 5.32 Å². The Hall–Kier alpha value is -2.75. The molecule has 2 aliphatic rings. The van der Waals surface area contributed by atoms with Crippen molar-refractivity contribution in [3.63, 3.8) is 0 Å². The van der Waals surface area contributed by atoms with E-state index in [0.29, 0.717) is 0 Å². The molecule has 2 bridgehead atoms. The van der Waals surface area contributed by atoms with Crippen LogP contribution < -0.4 is 5.32 Å². The van der Waals surface area contributed by atoms with Crippen molar-refractivity contribution >= 4 is 22.6 Å².